The Kier molecular flexibility index (Phi) is 3.47. The highest BCUT2D eigenvalue weighted by atomic mass is 16.2. The van der Waals surface area contributed by atoms with E-state index in [4.69, 9.17) is 0 Å². The summed E-state index contributed by atoms with van der Waals surface area (Å²) in [4.78, 5) is 30.0. The number of rotatable bonds is 3. The summed E-state index contributed by atoms with van der Waals surface area (Å²) < 4.78 is 6.30. The van der Waals surface area contributed by atoms with Gasteiger partial charge in [0, 0.05) is 31.2 Å². The highest BCUT2D eigenvalue weighted by molar-refractivity contribution is 5.76. The Bertz CT molecular complexity index is 1280. The number of imidazole rings is 2. The quantitative estimate of drug-likeness (QED) is 0.531. The maximum Gasteiger partial charge on any atom is 0.332 e. The second-order valence-corrected chi connectivity index (χ2v) is 6.44. The molecule has 0 aliphatic heterocycles. The van der Waals surface area contributed by atoms with E-state index in [2.05, 4.69) is 11.6 Å². The molecule has 0 unspecified atom stereocenters. The minimum atomic E-state index is -0.401. The van der Waals surface area contributed by atoms with Gasteiger partial charge in [-0.3, -0.25) is 22.9 Å². The lowest BCUT2D eigenvalue weighted by Gasteiger charge is -2.06. The second-order valence-electron chi connectivity index (χ2n) is 6.44. The number of hydrogen-bond donors (Lipinski definition) is 0. The first-order valence-electron chi connectivity index (χ1n) is 8.32. The van der Waals surface area contributed by atoms with Crippen LogP contribution in [0.4, 0.5) is 0 Å². The third-order valence-corrected chi connectivity index (χ3v) is 4.63. The first-order valence-corrected chi connectivity index (χ1v) is 8.32. The van der Waals surface area contributed by atoms with E-state index in [1.165, 1.54) is 15.2 Å². The van der Waals surface area contributed by atoms with Crippen molar-refractivity contribution in [1.82, 2.24) is 23.1 Å². The van der Waals surface area contributed by atoms with Crippen LogP contribution >= 0.6 is 0 Å². The molecule has 0 saturated carbocycles. The molecule has 1 aromatic carbocycles. The number of fused-ring (bicyclic) bond motifs is 3. The Morgan fingerprint density at radius 2 is 1.85 bits per heavy atom. The molecule has 0 bridgehead atoms. The molecule has 0 fully saturated rings. The number of nitrogens with zero attached hydrogens (tertiary/aromatic N) is 5. The molecule has 0 spiro atoms. The van der Waals surface area contributed by atoms with E-state index in [1.807, 2.05) is 48.9 Å². The smallest absolute Gasteiger partial charge is 0.283 e. The van der Waals surface area contributed by atoms with Crippen molar-refractivity contribution < 1.29 is 0 Å². The fourth-order valence-corrected chi connectivity index (χ4v) is 3.31. The summed E-state index contributed by atoms with van der Waals surface area (Å²) in [5, 5.41) is 0. The monoisotopic (exact) mass is 349 g/mol. The fourth-order valence-electron chi connectivity index (χ4n) is 3.31. The van der Waals surface area contributed by atoms with Crippen LogP contribution in [-0.2, 0) is 13.6 Å². The molecule has 0 N–H and O–H groups in total. The molecule has 132 valence electrons. The summed E-state index contributed by atoms with van der Waals surface area (Å²) in [6, 6.07) is 8.08. The number of hydrogen-bond acceptors (Lipinski definition) is 3. The normalized spacial score (nSPS) is 11.5. The lowest BCUT2D eigenvalue weighted by Crippen LogP contribution is -2.39. The zero-order valence-electron chi connectivity index (χ0n) is 14.9. The zero-order chi connectivity index (χ0) is 18.6. The minimum absolute atomic E-state index is 0.159. The van der Waals surface area contributed by atoms with Crippen LogP contribution in [0.15, 0.2) is 52.7 Å². The largest absolute Gasteiger partial charge is 0.332 e. The van der Waals surface area contributed by atoms with Crippen molar-refractivity contribution in [2.75, 3.05) is 0 Å². The zero-order valence-corrected chi connectivity index (χ0v) is 14.9. The minimum Gasteiger partial charge on any atom is -0.283 e. The van der Waals surface area contributed by atoms with Crippen LogP contribution in [0, 0.1) is 13.8 Å². The van der Waals surface area contributed by atoms with Crippen LogP contribution in [0.1, 0.15) is 11.3 Å². The van der Waals surface area contributed by atoms with E-state index < -0.39 is 5.69 Å². The molecule has 26 heavy (non-hydrogen) atoms. The van der Waals surface area contributed by atoms with Gasteiger partial charge >= 0.3 is 5.69 Å². The van der Waals surface area contributed by atoms with E-state index in [0.29, 0.717) is 16.9 Å². The van der Waals surface area contributed by atoms with Crippen molar-refractivity contribution in [2.24, 2.45) is 7.05 Å². The van der Waals surface area contributed by atoms with Gasteiger partial charge in [-0.25, -0.2) is 4.79 Å². The van der Waals surface area contributed by atoms with E-state index in [9.17, 15) is 9.59 Å². The van der Waals surface area contributed by atoms with E-state index in [1.54, 1.807) is 11.4 Å². The molecular formula is C19H19N5O2. The van der Waals surface area contributed by atoms with Gasteiger partial charge in [-0.15, -0.1) is 6.58 Å². The van der Waals surface area contributed by atoms with E-state index in [-0.39, 0.29) is 12.1 Å². The molecule has 0 atom stereocenters. The molecule has 0 amide bonds. The molecule has 7 heteroatoms. The van der Waals surface area contributed by atoms with Gasteiger partial charge in [0.05, 0.1) is 0 Å². The summed E-state index contributed by atoms with van der Waals surface area (Å²) in [5.74, 6) is 0.602. The summed E-state index contributed by atoms with van der Waals surface area (Å²) in [6.45, 7) is 7.78. The van der Waals surface area contributed by atoms with Crippen molar-refractivity contribution in [1.29, 1.82) is 0 Å². The van der Waals surface area contributed by atoms with E-state index >= 15 is 0 Å². The van der Waals surface area contributed by atoms with Crippen molar-refractivity contribution in [3.8, 4) is 5.69 Å². The predicted molar refractivity (Wildman–Crippen MR) is 101 cm³/mol. The Labute approximate surface area is 149 Å². The Hall–Kier alpha value is -3.35. The summed E-state index contributed by atoms with van der Waals surface area (Å²) in [5.41, 5.74) is 3.06. The first kappa shape index (κ1) is 16.1. The highest BCUT2D eigenvalue weighted by Crippen LogP contribution is 2.21. The molecule has 0 aliphatic rings. The van der Waals surface area contributed by atoms with Gasteiger partial charge in [0.1, 0.15) is 0 Å². The number of aromatic nitrogens is 5. The van der Waals surface area contributed by atoms with Crippen molar-refractivity contribution in [3.05, 3.63) is 75.2 Å². The van der Waals surface area contributed by atoms with Gasteiger partial charge in [0.15, 0.2) is 11.2 Å². The van der Waals surface area contributed by atoms with Gasteiger partial charge in [-0.05, 0) is 26.0 Å². The Morgan fingerprint density at radius 1 is 1.15 bits per heavy atom. The molecule has 7 nitrogen and oxygen atoms in total. The standard InChI is InChI=1S/C19H19N5O2/c1-5-10-22-17(25)15-16(21(4)19(22)26)20-18-23(15)11-13(3)24(18)14-8-6-12(2)7-9-14/h5-9,11H,1,10H2,2-4H3. The maximum absolute atomic E-state index is 12.9. The van der Waals surface area contributed by atoms with Gasteiger partial charge in [-0.2, -0.15) is 4.98 Å². The molecule has 3 aromatic heterocycles. The Morgan fingerprint density at radius 3 is 2.50 bits per heavy atom. The fraction of sp³-hybridized carbons (Fsp3) is 0.211. The van der Waals surface area contributed by atoms with Crippen LogP contribution in [0.2, 0.25) is 0 Å². The molecule has 3 heterocycles. The van der Waals surface area contributed by atoms with Gasteiger partial charge in [0.25, 0.3) is 5.56 Å². The molecular weight excluding hydrogens is 330 g/mol. The molecule has 0 aliphatic carbocycles. The highest BCUT2D eigenvalue weighted by Gasteiger charge is 2.20. The van der Waals surface area contributed by atoms with Crippen molar-refractivity contribution >= 4 is 16.9 Å². The maximum atomic E-state index is 12.9. The van der Waals surface area contributed by atoms with E-state index in [0.717, 1.165) is 16.9 Å². The summed E-state index contributed by atoms with van der Waals surface area (Å²) in [6.07, 6.45) is 3.41. The van der Waals surface area contributed by atoms with Crippen molar-refractivity contribution in [2.45, 2.75) is 20.4 Å². The summed E-state index contributed by atoms with van der Waals surface area (Å²) in [7, 11) is 1.62. The molecule has 4 aromatic rings. The third-order valence-electron chi connectivity index (χ3n) is 4.63. The average Bonchev–Trinajstić information content (AvgIpc) is 3.12. The number of allylic oxidation sites excluding steroid dienone is 1. The van der Waals surface area contributed by atoms with Crippen LogP contribution < -0.4 is 11.2 Å². The lowest BCUT2D eigenvalue weighted by molar-refractivity contribution is 0.667. The molecule has 0 radical (unpaired) electrons. The average molecular weight is 349 g/mol. The van der Waals surface area contributed by atoms with Crippen LogP contribution in [0.3, 0.4) is 0 Å². The van der Waals surface area contributed by atoms with Crippen molar-refractivity contribution in [3.63, 3.8) is 0 Å². The first-order chi connectivity index (χ1) is 12.4. The summed E-state index contributed by atoms with van der Waals surface area (Å²) >= 11 is 0. The topological polar surface area (TPSA) is 66.2 Å². The third kappa shape index (κ3) is 2.10. The van der Waals surface area contributed by atoms with Gasteiger partial charge < -0.3 is 0 Å². The molecule has 0 saturated heterocycles. The molecule has 4 rings (SSSR count). The van der Waals surface area contributed by atoms with Crippen LogP contribution in [0.25, 0.3) is 22.6 Å². The number of benzene rings is 1. The lowest BCUT2D eigenvalue weighted by atomic mass is 10.2. The van der Waals surface area contributed by atoms with Gasteiger partial charge in [-0.1, -0.05) is 23.8 Å². The second kappa shape index (κ2) is 5.59. The van der Waals surface area contributed by atoms with Crippen LogP contribution in [0.5, 0.6) is 0 Å². The van der Waals surface area contributed by atoms with Crippen LogP contribution in [-0.4, -0.2) is 23.1 Å². The predicted octanol–water partition coefficient (Wildman–Crippen LogP) is 1.94. The number of aryl methyl sites for hydroxylation is 3. The van der Waals surface area contributed by atoms with Gasteiger partial charge in [0.2, 0.25) is 5.78 Å². The SMILES string of the molecule is C=CCn1c(=O)c2c(nc3n(-c4ccc(C)cc4)c(C)cn23)n(C)c1=O. The Balaban J connectivity index is 2.15.